The molecule has 2 aromatic carbocycles. The van der Waals surface area contributed by atoms with Gasteiger partial charge < -0.3 is 14.3 Å². The molecule has 0 aliphatic carbocycles. The van der Waals surface area contributed by atoms with Gasteiger partial charge in [-0.2, -0.15) is 0 Å². The summed E-state index contributed by atoms with van der Waals surface area (Å²) in [6, 6.07) is 13.8. The summed E-state index contributed by atoms with van der Waals surface area (Å²) >= 11 is 6.01. The molecular formula is C25H25ClN4O2. The van der Waals surface area contributed by atoms with Crippen LogP contribution in [0.3, 0.4) is 0 Å². The standard InChI is InChI=1S/C25H25ClN4O2/c1-15-4-9-20(16(2)12-15)24-27-22(17(3)32-24)14-29-10-11-30-23(25(29)31)13-21(28-30)18-5-7-19(26)8-6-18/h4-12,21,23,28H,13-14H2,1-3H3. The van der Waals surface area contributed by atoms with E-state index >= 15 is 0 Å². The number of fused-ring (bicyclic) bond motifs is 1. The molecule has 32 heavy (non-hydrogen) atoms. The first-order valence-electron chi connectivity index (χ1n) is 10.7. The van der Waals surface area contributed by atoms with Crippen LogP contribution >= 0.6 is 11.6 Å². The van der Waals surface area contributed by atoms with Crippen molar-refractivity contribution in [3.05, 3.63) is 88.0 Å². The van der Waals surface area contributed by atoms with E-state index in [2.05, 4.69) is 31.4 Å². The summed E-state index contributed by atoms with van der Waals surface area (Å²) in [6.45, 7) is 6.40. The zero-order valence-corrected chi connectivity index (χ0v) is 19.1. The molecule has 0 spiro atoms. The van der Waals surface area contributed by atoms with Crippen molar-refractivity contribution in [1.29, 1.82) is 0 Å². The number of carbonyl (C=O) groups is 1. The van der Waals surface area contributed by atoms with Gasteiger partial charge in [0.2, 0.25) is 5.89 Å². The molecule has 164 valence electrons. The summed E-state index contributed by atoms with van der Waals surface area (Å²) in [5.74, 6) is 1.37. The highest BCUT2D eigenvalue weighted by atomic mass is 35.5. The number of nitrogens with one attached hydrogen (secondary N) is 1. The highest BCUT2D eigenvalue weighted by molar-refractivity contribution is 6.30. The molecular weight excluding hydrogens is 424 g/mol. The lowest BCUT2D eigenvalue weighted by Gasteiger charge is -2.31. The number of aryl methyl sites for hydroxylation is 3. The molecule has 3 heterocycles. The van der Waals surface area contributed by atoms with Crippen LogP contribution < -0.4 is 5.43 Å². The van der Waals surface area contributed by atoms with Gasteiger partial charge in [0, 0.05) is 23.0 Å². The maximum atomic E-state index is 13.2. The van der Waals surface area contributed by atoms with Crippen LogP contribution in [-0.2, 0) is 11.3 Å². The minimum Gasteiger partial charge on any atom is -0.441 e. The first kappa shape index (κ1) is 20.8. The number of aromatic nitrogens is 1. The van der Waals surface area contributed by atoms with E-state index in [-0.39, 0.29) is 18.0 Å². The SMILES string of the molecule is Cc1ccc(-c2nc(CN3C=CN4NC(c5ccc(Cl)cc5)CC4C3=O)c(C)o2)c(C)c1. The maximum absolute atomic E-state index is 13.2. The Labute approximate surface area is 192 Å². The molecule has 1 aromatic heterocycles. The van der Waals surface area contributed by atoms with Gasteiger partial charge in [0.15, 0.2) is 0 Å². The summed E-state index contributed by atoms with van der Waals surface area (Å²) in [5.41, 5.74) is 8.59. The average molecular weight is 449 g/mol. The van der Waals surface area contributed by atoms with E-state index in [0.29, 0.717) is 23.9 Å². The highest BCUT2D eigenvalue weighted by Crippen LogP contribution is 2.32. The second-order valence-corrected chi connectivity index (χ2v) is 8.93. The Kier molecular flexibility index (Phi) is 5.27. The van der Waals surface area contributed by atoms with Crippen LogP contribution in [-0.4, -0.2) is 26.8 Å². The normalized spacial score (nSPS) is 20.2. The van der Waals surface area contributed by atoms with Crippen molar-refractivity contribution in [1.82, 2.24) is 20.3 Å². The molecule has 0 radical (unpaired) electrons. The third-order valence-corrected chi connectivity index (χ3v) is 6.42. The third kappa shape index (κ3) is 3.80. The van der Waals surface area contributed by atoms with Crippen molar-refractivity contribution in [3.63, 3.8) is 0 Å². The number of hydrogen-bond acceptors (Lipinski definition) is 5. The summed E-state index contributed by atoms with van der Waals surface area (Å²) in [5, 5.41) is 2.60. The van der Waals surface area contributed by atoms with Crippen molar-refractivity contribution in [3.8, 4) is 11.5 Å². The van der Waals surface area contributed by atoms with Crippen LogP contribution in [0, 0.1) is 20.8 Å². The van der Waals surface area contributed by atoms with Crippen LogP contribution in [0.25, 0.3) is 11.5 Å². The van der Waals surface area contributed by atoms with E-state index in [9.17, 15) is 4.79 Å². The lowest BCUT2D eigenvalue weighted by molar-refractivity contribution is -0.135. The topological polar surface area (TPSA) is 61.6 Å². The average Bonchev–Trinajstić information content (AvgIpc) is 3.35. The number of halogens is 1. The first-order valence-corrected chi connectivity index (χ1v) is 11.1. The molecule has 0 bridgehead atoms. The molecule has 5 rings (SSSR count). The van der Waals surface area contributed by atoms with Crippen LogP contribution in [0.15, 0.2) is 59.3 Å². The van der Waals surface area contributed by atoms with Gasteiger partial charge in [-0.15, -0.1) is 0 Å². The van der Waals surface area contributed by atoms with E-state index in [1.54, 1.807) is 11.1 Å². The minimum atomic E-state index is -0.258. The Bertz CT molecular complexity index is 1200. The molecule has 2 unspecified atom stereocenters. The second kappa shape index (κ2) is 8.11. The predicted molar refractivity (Wildman–Crippen MR) is 123 cm³/mol. The lowest BCUT2D eigenvalue weighted by atomic mass is 10.0. The van der Waals surface area contributed by atoms with Crippen LogP contribution in [0.2, 0.25) is 5.02 Å². The van der Waals surface area contributed by atoms with Gasteiger partial charge in [0.05, 0.1) is 12.6 Å². The maximum Gasteiger partial charge on any atom is 0.251 e. The number of amides is 1. The number of rotatable bonds is 4. The van der Waals surface area contributed by atoms with Crippen LogP contribution in [0.1, 0.15) is 40.6 Å². The molecule has 3 aromatic rings. The first-order chi connectivity index (χ1) is 15.4. The van der Waals surface area contributed by atoms with E-state index in [1.165, 1.54) is 5.56 Å². The molecule has 1 amide bonds. The lowest BCUT2D eigenvalue weighted by Crippen LogP contribution is -2.47. The number of benzene rings is 2. The van der Waals surface area contributed by atoms with Crippen molar-refractivity contribution in [2.24, 2.45) is 0 Å². The van der Waals surface area contributed by atoms with Gasteiger partial charge in [0.1, 0.15) is 17.5 Å². The summed E-state index contributed by atoms with van der Waals surface area (Å²) < 4.78 is 5.96. The monoisotopic (exact) mass is 448 g/mol. The molecule has 0 saturated carbocycles. The van der Waals surface area contributed by atoms with Crippen molar-refractivity contribution in [2.45, 2.75) is 45.8 Å². The molecule has 1 N–H and O–H groups in total. The number of hydrazine groups is 1. The Morgan fingerprint density at radius 3 is 2.66 bits per heavy atom. The van der Waals surface area contributed by atoms with E-state index in [1.807, 2.05) is 48.5 Å². The largest absolute Gasteiger partial charge is 0.441 e. The molecule has 1 saturated heterocycles. The molecule has 2 aliphatic heterocycles. The fraction of sp³-hybridized carbons (Fsp3) is 0.280. The van der Waals surface area contributed by atoms with Gasteiger partial charge >= 0.3 is 0 Å². The zero-order chi connectivity index (χ0) is 22.4. The van der Waals surface area contributed by atoms with E-state index < -0.39 is 0 Å². The smallest absolute Gasteiger partial charge is 0.251 e. The number of hydrogen-bond donors (Lipinski definition) is 1. The summed E-state index contributed by atoms with van der Waals surface area (Å²) in [6.07, 6.45) is 4.41. The van der Waals surface area contributed by atoms with Gasteiger partial charge in [-0.3, -0.25) is 4.79 Å². The van der Waals surface area contributed by atoms with Gasteiger partial charge in [-0.25, -0.2) is 10.4 Å². The van der Waals surface area contributed by atoms with Crippen molar-refractivity contribution < 1.29 is 9.21 Å². The predicted octanol–water partition coefficient (Wildman–Crippen LogP) is 5.05. The van der Waals surface area contributed by atoms with Gasteiger partial charge in [-0.05, 0) is 56.5 Å². The molecule has 6 nitrogen and oxygen atoms in total. The number of carbonyl (C=O) groups excluding carboxylic acids is 1. The Hall–Kier alpha value is -3.09. The fourth-order valence-electron chi connectivity index (χ4n) is 4.38. The molecule has 2 aliphatic rings. The van der Waals surface area contributed by atoms with Gasteiger partial charge in [0.25, 0.3) is 5.91 Å². The zero-order valence-electron chi connectivity index (χ0n) is 18.3. The Balaban J connectivity index is 1.32. The van der Waals surface area contributed by atoms with Gasteiger partial charge in [-0.1, -0.05) is 41.4 Å². The summed E-state index contributed by atoms with van der Waals surface area (Å²) in [4.78, 5) is 19.7. The fourth-order valence-corrected chi connectivity index (χ4v) is 4.51. The van der Waals surface area contributed by atoms with E-state index in [0.717, 1.165) is 28.1 Å². The van der Waals surface area contributed by atoms with E-state index in [4.69, 9.17) is 21.0 Å². The third-order valence-electron chi connectivity index (χ3n) is 6.17. The molecule has 2 atom stereocenters. The summed E-state index contributed by atoms with van der Waals surface area (Å²) in [7, 11) is 0. The highest BCUT2D eigenvalue weighted by Gasteiger charge is 2.40. The molecule has 1 fully saturated rings. The quantitative estimate of drug-likeness (QED) is 0.604. The minimum absolute atomic E-state index is 0.0481. The Morgan fingerprint density at radius 2 is 1.91 bits per heavy atom. The number of oxazole rings is 1. The second-order valence-electron chi connectivity index (χ2n) is 8.50. The molecule has 7 heteroatoms. The van der Waals surface area contributed by atoms with Crippen LogP contribution in [0.4, 0.5) is 0 Å². The van der Waals surface area contributed by atoms with Crippen LogP contribution in [0.5, 0.6) is 0 Å². The Morgan fingerprint density at radius 1 is 1.12 bits per heavy atom. The van der Waals surface area contributed by atoms with Crippen molar-refractivity contribution in [2.75, 3.05) is 0 Å². The number of nitrogens with zero attached hydrogens (tertiary/aromatic N) is 3. The van der Waals surface area contributed by atoms with Crippen molar-refractivity contribution >= 4 is 17.5 Å².